The molecule has 0 heterocycles. The zero-order valence-corrected chi connectivity index (χ0v) is 12.7. The number of nitrogens with one attached hydrogen (secondary N) is 1. The molecule has 112 valence electrons. The van der Waals surface area contributed by atoms with Crippen LogP contribution in [-0.4, -0.2) is 28.2 Å². The highest BCUT2D eigenvalue weighted by molar-refractivity contribution is 7.89. The van der Waals surface area contributed by atoms with Crippen molar-refractivity contribution in [3.8, 4) is 0 Å². The lowest BCUT2D eigenvalue weighted by atomic mass is 10.2. The largest absolute Gasteiger partial charge is 0.380 e. The van der Waals surface area contributed by atoms with Crippen molar-refractivity contribution in [3.05, 3.63) is 28.8 Å². The van der Waals surface area contributed by atoms with E-state index in [2.05, 4.69) is 4.72 Å². The van der Waals surface area contributed by atoms with Crippen LogP contribution in [0.2, 0.25) is 5.02 Å². The first-order valence-corrected chi connectivity index (χ1v) is 8.45. The standard InChI is InChI=1S/C13H19ClN2O3S/c14-13-4-3-12(7-11(13)8-15)20(17,18)16-5-6-19-9-10-1-2-10/h3-4,7,10,16H,1-2,5-6,8-9,15H2. The minimum atomic E-state index is -3.54. The fourth-order valence-electron chi connectivity index (χ4n) is 1.74. The summed E-state index contributed by atoms with van der Waals surface area (Å²) in [5.41, 5.74) is 6.13. The van der Waals surface area contributed by atoms with E-state index in [1.807, 2.05) is 0 Å². The number of benzene rings is 1. The summed E-state index contributed by atoms with van der Waals surface area (Å²) < 4.78 is 32.0. The lowest BCUT2D eigenvalue weighted by molar-refractivity contribution is 0.129. The third-order valence-corrected chi connectivity index (χ3v) is 4.96. The molecule has 0 atom stereocenters. The number of halogens is 1. The molecule has 1 fully saturated rings. The Morgan fingerprint density at radius 3 is 2.80 bits per heavy atom. The third-order valence-electron chi connectivity index (χ3n) is 3.14. The number of hydrogen-bond donors (Lipinski definition) is 2. The van der Waals surface area contributed by atoms with E-state index in [1.54, 1.807) is 6.07 Å². The molecule has 0 aliphatic heterocycles. The van der Waals surface area contributed by atoms with Gasteiger partial charge in [0.05, 0.1) is 11.5 Å². The van der Waals surface area contributed by atoms with Crippen molar-refractivity contribution >= 4 is 21.6 Å². The van der Waals surface area contributed by atoms with Gasteiger partial charge in [-0.15, -0.1) is 0 Å². The fourth-order valence-corrected chi connectivity index (χ4v) is 3.00. The summed E-state index contributed by atoms with van der Waals surface area (Å²) in [5, 5.41) is 0.471. The van der Waals surface area contributed by atoms with Crippen LogP contribution in [0.5, 0.6) is 0 Å². The van der Waals surface area contributed by atoms with Gasteiger partial charge < -0.3 is 10.5 Å². The summed E-state index contributed by atoms with van der Waals surface area (Å²) in [6.45, 7) is 1.56. The summed E-state index contributed by atoms with van der Waals surface area (Å²) in [6, 6.07) is 4.51. The molecule has 2 rings (SSSR count). The lowest BCUT2D eigenvalue weighted by Crippen LogP contribution is -2.27. The molecule has 5 nitrogen and oxygen atoms in total. The molecule has 20 heavy (non-hydrogen) atoms. The topological polar surface area (TPSA) is 81.4 Å². The SMILES string of the molecule is NCc1cc(S(=O)(=O)NCCOCC2CC2)ccc1Cl. The van der Waals surface area contributed by atoms with Gasteiger partial charge in [-0.1, -0.05) is 11.6 Å². The predicted molar refractivity (Wildman–Crippen MR) is 78.1 cm³/mol. The molecule has 0 aromatic heterocycles. The van der Waals surface area contributed by atoms with E-state index in [0.717, 1.165) is 6.61 Å². The summed E-state index contributed by atoms with van der Waals surface area (Å²) >= 11 is 5.91. The van der Waals surface area contributed by atoms with Crippen LogP contribution in [0.25, 0.3) is 0 Å². The van der Waals surface area contributed by atoms with Crippen molar-refractivity contribution in [3.63, 3.8) is 0 Å². The zero-order valence-electron chi connectivity index (χ0n) is 11.1. The Morgan fingerprint density at radius 1 is 1.40 bits per heavy atom. The average Bonchev–Trinajstić information content (AvgIpc) is 3.22. The Balaban J connectivity index is 1.88. The van der Waals surface area contributed by atoms with Crippen molar-refractivity contribution < 1.29 is 13.2 Å². The molecular weight excluding hydrogens is 300 g/mol. The third kappa shape index (κ3) is 4.43. The van der Waals surface area contributed by atoms with E-state index in [4.69, 9.17) is 22.1 Å². The summed E-state index contributed by atoms with van der Waals surface area (Å²) in [4.78, 5) is 0.171. The Labute approximate surface area is 124 Å². The van der Waals surface area contributed by atoms with Gasteiger partial charge in [-0.05, 0) is 42.5 Å². The molecule has 1 saturated carbocycles. The first-order valence-electron chi connectivity index (χ1n) is 6.59. The molecule has 1 aromatic rings. The Bertz CT molecular complexity index is 559. The van der Waals surface area contributed by atoms with Crippen LogP contribution in [-0.2, 0) is 21.3 Å². The van der Waals surface area contributed by atoms with Gasteiger partial charge in [0, 0.05) is 24.7 Å². The highest BCUT2D eigenvalue weighted by Gasteiger charge is 2.21. The second kappa shape index (κ2) is 6.87. The Morgan fingerprint density at radius 2 is 2.15 bits per heavy atom. The molecule has 0 spiro atoms. The van der Waals surface area contributed by atoms with Crippen molar-refractivity contribution in [2.24, 2.45) is 11.7 Å². The number of hydrogen-bond acceptors (Lipinski definition) is 4. The van der Waals surface area contributed by atoms with Crippen molar-refractivity contribution in [2.75, 3.05) is 19.8 Å². The fraction of sp³-hybridized carbons (Fsp3) is 0.538. The number of sulfonamides is 1. The summed E-state index contributed by atoms with van der Waals surface area (Å²) in [6.07, 6.45) is 2.44. The lowest BCUT2D eigenvalue weighted by Gasteiger charge is -2.09. The van der Waals surface area contributed by atoms with E-state index >= 15 is 0 Å². The maximum absolute atomic E-state index is 12.1. The molecule has 0 unspecified atom stereocenters. The van der Waals surface area contributed by atoms with Gasteiger partial charge in [-0.2, -0.15) is 0 Å². The summed E-state index contributed by atoms with van der Waals surface area (Å²) in [5.74, 6) is 0.676. The molecule has 0 bridgehead atoms. The normalized spacial score (nSPS) is 15.5. The van der Waals surface area contributed by atoms with Crippen LogP contribution in [0.4, 0.5) is 0 Å². The highest BCUT2D eigenvalue weighted by Crippen LogP contribution is 2.28. The van der Waals surface area contributed by atoms with E-state index in [-0.39, 0.29) is 18.0 Å². The second-order valence-corrected chi connectivity index (χ2v) is 7.05. The monoisotopic (exact) mass is 318 g/mol. The van der Waals surface area contributed by atoms with Crippen LogP contribution in [0.1, 0.15) is 18.4 Å². The van der Waals surface area contributed by atoms with Crippen molar-refractivity contribution in [1.29, 1.82) is 0 Å². The zero-order chi connectivity index (χ0) is 14.6. The first-order chi connectivity index (χ1) is 9.53. The van der Waals surface area contributed by atoms with E-state index in [0.29, 0.717) is 23.1 Å². The predicted octanol–water partition coefficient (Wildman–Crippen LogP) is 1.50. The smallest absolute Gasteiger partial charge is 0.240 e. The second-order valence-electron chi connectivity index (χ2n) is 4.87. The molecule has 1 aliphatic carbocycles. The highest BCUT2D eigenvalue weighted by atomic mass is 35.5. The average molecular weight is 319 g/mol. The van der Waals surface area contributed by atoms with Gasteiger partial charge in [-0.3, -0.25) is 0 Å². The molecule has 0 amide bonds. The first kappa shape index (κ1) is 15.7. The molecule has 1 aliphatic rings. The minimum absolute atomic E-state index is 0.171. The quantitative estimate of drug-likeness (QED) is 0.712. The number of nitrogens with two attached hydrogens (primary N) is 1. The Kier molecular flexibility index (Phi) is 5.40. The molecule has 1 aromatic carbocycles. The van der Waals surface area contributed by atoms with Gasteiger partial charge in [0.1, 0.15) is 0 Å². The van der Waals surface area contributed by atoms with Crippen LogP contribution in [0.15, 0.2) is 23.1 Å². The van der Waals surface area contributed by atoms with Crippen molar-refractivity contribution in [2.45, 2.75) is 24.3 Å². The van der Waals surface area contributed by atoms with E-state index in [1.165, 1.54) is 25.0 Å². The molecule has 0 saturated heterocycles. The maximum atomic E-state index is 12.1. The van der Waals surface area contributed by atoms with Gasteiger partial charge in [0.25, 0.3) is 0 Å². The molecule has 7 heteroatoms. The van der Waals surface area contributed by atoms with Gasteiger partial charge in [0.15, 0.2) is 0 Å². The number of rotatable bonds is 8. The van der Waals surface area contributed by atoms with Gasteiger partial charge >= 0.3 is 0 Å². The van der Waals surface area contributed by atoms with E-state index in [9.17, 15) is 8.42 Å². The van der Waals surface area contributed by atoms with Crippen LogP contribution in [0, 0.1) is 5.92 Å². The van der Waals surface area contributed by atoms with Crippen LogP contribution < -0.4 is 10.5 Å². The summed E-state index contributed by atoms with van der Waals surface area (Å²) in [7, 11) is -3.54. The van der Waals surface area contributed by atoms with E-state index < -0.39 is 10.0 Å². The molecular formula is C13H19ClN2O3S. The van der Waals surface area contributed by atoms with Crippen LogP contribution in [0.3, 0.4) is 0 Å². The molecule has 3 N–H and O–H groups in total. The Hall–Kier alpha value is -0.660. The number of ether oxygens (including phenoxy) is 1. The van der Waals surface area contributed by atoms with Crippen molar-refractivity contribution in [1.82, 2.24) is 4.72 Å². The van der Waals surface area contributed by atoms with Crippen LogP contribution >= 0.6 is 11.6 Å². The molecule has 0 radical (unpaired) electrons. The maximum Gasteiger partial charge on any atom is 0.240 e. The van der Waals surface area contributed by atoms with Gasteiger partial charge in [0.2, 0.25) is 10.0 Å². The van der Waals surface area contributed by atoms with Gasteiger partial charge in [-0.25, -0.2) is 13.1 Å². The minimum Gasteiger partial charge on any atom is -0.380 e.